The van der Waals surface area contributed by atoms with E-state index in [2.05, 4.69) is 17.6 Å². The highest BCUT2D eigenvalue weighted by atomic mass is 16.6. The largest absolute Gasteiger partial charge is 0.508 e. The summed E-state index contributed by atoms with van der Waals surface area (Å²) in [6.45, 7) is 7.55. The summed E-state index contributed by atoms with van der Waals surface area (Å²) in [4.78, 5) is 51.4. The van der Waals surface area contributed by atoms with Crippen molar-refractivity contribution in [3.63, 3.8) is 0 Å². The van der Waals surface area contributed by atoms with Crippen LogP contribution in [0.25, 0.3) is 0 Å². The first-order chi connectivity index (χ1) is 15.9. The van der Waals surface area contributed by atoms with Gasteiger partial charge in [0.05, 0.1) is 0 Å². The highest BCUT2D eigenvalue weighted by Gasteiger charge is 2.34. The van der Waals surface area contributed by atoms with Gasteiger partial charge in [-0.05, 0) is 51.3 Å². The molecule has 10 heteroatoms. The molecular formula is C24H38N4O6. The van der Waals surface area contributed by atoms with Crippen LogP contribution in [-0.2, 0) is 19.1 Å². The minimum Gasteiger partial charge on any atom is -0.508 e. The van der Waals surface area contributed by atoms with Crippen LogP contribution in [0, 0.1) is 0 Å². The Hall–Kier alpha value is -3.30. The molecule has 190 valence electrons. The Bertz CT molecular complexity index is 835. The van der Waals surface area contributed by atoms with Gasteiger partial charge in [0.15, 0.2) is 0 Å². The van der Waals surface area contributed by atoms with Gasteiger partial charge < -0.3 is 31.1 Å². The van der Waals surface area contributed by atoms with E-state index in [1.807, 2.05) is 0 Å². The Labute approximate surface area is 201 Å². The number of hydrogen-bond donors (Lipinski definition) is 4. The minimum absolute atomic E-state index is 0.0192. The van der Waals surface area contributed by atoms with Gasteiger partial charge in [-0.15, -0.1) is 0 Å². The van der Waals surface area contributed by atoms with Crippen LogP contribution in [0.1, 0.15) is 71.4 Å². The molecular weight excluding hydrogens is 440 g/mol. The molecule has 0 aliphatic carbocycles. The van der Waals surface area contributed by atoms with Crippen LogP contribution in [0.15, 0.2) is 24.3 Å². The third-order valence-electron chi connectivity index (χ3n) is 4.94. The van der Waals surface area contributed by atoms with Gasteiger partial charge in [-0.25, -0.2) is 4.79 Å². The van der Waals surface area contributed by atoms with E-state index in [-0.39, 0.29) is 18.6 Å². The summed E-state index contributed by atoms with van der Waals surface area (Å²) in [6.07, 6.45) is 1.71. The zero-order valence-electron chi connectivity index (χ0n) is 20.7. The van der Waals surface area contributed by atoms with Gasteiger partial charge in [0.2, 0.25) is 17.7 Å². The van der Waals surface area contributed by atoms with Gasteiger partial charge in [-0.1, -0.05) is 31.9 Å². The van der Waals surface area contributed by atoms with Crippen molar-refractivity contribution in [2.75, 3.05) is 13.6 Å². The predicted octanol–water partition coefficient (Wildman–Crippen LogP) is 2.36. The number of aromatic hydroxyl groups is 1. The maximum Gasteiger partial charge on any atom is 0.408 e. The topological polar surface area (TPSA) is 151 Å². The zero-order valence-corrected chi connectivity index (χ0v) is 20.7. The van der Waals surface area contributed by atoms with Crippen molar-refractivity contribution in [1.29, 1.82) is 0 Å². The summed E-state index contributed by atoms with van der Waals surface area (Å²) in [7, 11) is 1.44. The smallest absolute Gasteiger partial charge is 0.408 e. The SMILES string of the molecule is CCCCCNC(=O)C(c1ccc(O)cc1)N(C)C(=O)C(CCC(N)=O)NC(=O)OC(C)(C)C. The molecule has 5 N–H and O–H groups in total. The quantitative estimate of drug-likeness (QED) is 0.339. The number of nitrogens with one attached hydrogen (secondary N) is 2. The Morgan fingerprint density at radius 1 is 1.12 bits per heavy atom. The molecule has 0 heterocycles. The van der Waals surface area contributed by atoms with E-state index in [0.717, 1.165) is 19.3 Å². The Morgan fingerprint density at radius 2 is 1.74 bits per heavy atom. The van der Waals surface area contributed by atoms with Gasteiger partial charge in [0, 0.05) is 20.0 Å². The lowest BCUT2D eigenvalue weighted by Crippen LogP contribution is -2.52. The Morgan fingerprint density at radius 3 is 2.26 bits per heavy atom. The van der Waals surface area contributed by atoms with Crippen molar-refractivity contribution in [3.05, 3.63) is 29.8 Å². The number of unbranched alkanes of at least 4 members (excludes halogenated alkanes) is 2. The molecule has 0 aliphatic rings. The lowest BCUT2D eigenvalue weighted by molar-refractivity contribution is -0.141. The van der Waals surface area contributed by atoms with Crippen LogP contribution < -0.4 is 16.4 Å². The number of benzene rings is 1. The summed E-state index contributed by atoms with van der Waals surface area (Å²) < 4.78 is 5.24. The van der Waals surface area contributed by atoms with E-state index in [1.165, 1.54) is 24.1 Å². The number of carbonyl (C=O) groups is 4. The summed E-state index contributed by atoms with van der Waals surface area (Å²) in [5.74, 6) is -1.60. The highest BCUT2D eigenvalue weighted by molar-refractivity contribution is 5.92. The van der Waals surface area contributed by atoms with Crippen LogP contribution >= 0.6 is 0 Å². The standard InChI is InChI=1S/C24H38N4O6/c1-6-7-8-15-26-21(31)20(16-9-11-17(29)12-10-16)28(5)22(32)18(13-14-19(25)30)27-23(33)34-24(2,3)4/h9-12,18,20,29H,6-8,13-15H2,1-5H3,(H2,25,30)(H,26,31)(H,27,33). The second-order valence-electron chi connectivity index (χ2n) is 9.15. The maximum absolute atomic E-state index is 13.4. The second-order valence-corrected chi connectivity index (χ2v) is 9.15. The fourth-order valence-corrected chi connectivity index (χ4v) is 3.26. The normalized spacial score (nSPS) is 12.9. The lowest BCUT2D eigenvalue weighted by atomic mass is 10.0. The summed E-state index contributed by atoms with van der Waals surface area (Å²) >= 11 is 0. The van der Waals surface area contributed by atoms with Gasteiger partial charge in [0.25, 0.3) is 0 Å². The van der Waals surface area contributed by atoms with Crippen molar-refractivity contribution >= 4 is 23.8 Å². The molecule has 34 heavy (non-hydrogen) atoms. The van der Waals surface area contributed by atoms with Crippen LogP contribution in [0.5, 0.6) is 5.75 Å². The first-order valence-electron chi connectivity index (χ1n) is 11.5. The third-order valence-corrected chi connectivity index (χ3v) is 4.94. The van der Waals surface area contributed by atoms with E-state index in [0.29, 0.717) is 12.1 Å². The zero-order chi connectivity index (χ0) is 25.9. The highest BCUT2D eigenvalue weighted by Crippen LogP contribution is 2.24. The molecule has 0 radical (unpaired) electrons. The van der Waals surface area contributed by atoms with Crippen LogP contribution in [0.2, 0.25) is 0 Å². The molecule has 0 spiro atoms. The van der Waals surface area contributed by atoms with Crippen molar-refractivity contribution in [1.82, 2.24) is 15.5 Å². The number of likely N-dealkylation sites (N-methyl/N-ethyl adjacent to an activating group) is 1. The molecule has 4 amide bonds. The van der Waals surface area contributed by atoms with Crippen LogP contribution in [0.4, 0.5) is 4.79 Å². The number of phenols is 1. The average Bonchev–Trinajstić information content (AvgIpc) is 2.73. The van der Waals surface area contributed by atoms with E-state index in [1.54, 1.807) is 32.9 Å². The number of carbonyl (C=O) groups excluding carboxylic acids is 4. The molecule has 0 aliphatic heterocycles. The molecule has 2 atom stereocenters. The first kappa shape index (κ1) is 28.7. The molecule has 0 saturated heterocycles. The van der Waals surface area contributed by atoms with Gasteiger partial charge >= 0.3 is 6.09 Å². The summed E-state index contributed by atoms with van der Waals surface area (Å²) in [5.41, 5.74) is 4.93. The van der Waals surface area contributed by atoms with E-state index >= 15 is 0 Å². The van der Waals surface area contributed by atoms with E-state index in [4.69, 9.17) is 10.5 Å². The van der Waals surface area contributed by atoms with Crippen molar-refractivity contribution < 1.29 is 29.0 Å². The molecule has 2 unspecified atom stereocenters. The van der Waals surface area contributed by atoms with Crippen LogP contribution in [0.3, 0.4) is 0 Å². The first-order valence-corrected chi connectivity index (χ1v) is 11.5. The number of amides is 4. The molecule has 1 aromatic carbocycles. The maximum atomic E-state index is 13.4. The number of primary amides is 1. The number of alkyl carbamates (subject to hydrolysis) is 1. The average molecular weight is 479 g/mol. The molecule has 0 fully saturated rings. The fraction of sp³-hybridized carbons (Fsp3) is 0.583. The van der Waals surface area contributed by atoms with Crippen molar-refractivity contribution in [2.45, 2.75) is 77.5 Å². The van der Waals surface area contributed by atoms with Gasteiger partial charge in [-0.2, -0.15) is 0 Å². The number of rotatable bonds is 12. The van der Waals surface area contributed by atoms with Crippen LogP contribution in [-0.4, -0.2) is 59.1 Å². The molecule has 1 rings (SSSR count). The third kappa shape index (κ3) is 10.1. The molecule has 0 bridgehead atoms. The van der Waals surface area contributed by atoms with Gasteiger partial charge in [-0.3, -0.25) is 14.4 Å². The minimum atomic E-state index is -1.14. The fourth-order valence-electron chi connectivity index (χ4n) is 3.26. The number of hydrogen-bond acceptors (Lipinski definition) is 6. The van der Waals surface area contributed by atoms with Gasteiger partial charge in [0.1, 0.15) is 23.4 Å². The summed E-state index contributed by atoms with van der Waals surface area (Å²) in [5, 5.41) is 15.0. The van der Waals surface area contributed by atoms with Crippen molar-refractivity contribution in [2.24, 2.45) is 5.73 Å². The van der Waals surface area contributed by atoms with E-state index < -0.39 is 41.5 Å². The second kappa shape index (κ2) is 13.4. The monoisotopic (exact) mass is 478 g/mol. The molecule has 1 aromatic rings. The van der Waals surface area contributed by atoms with E-state index in [9.17, 15) is 24.3 Å². The Balaban J connectivity index is 3.16. The number of nitrogens with two attached hydrogens (primary N) is 1. The molecule has 0 saturated carbocycles. The predicted molar refractivity (Wildman–Crippen MR) is 128 cm³/mol. The Kier molecular flexibility index (Phi) is 11.3. The number of nitrogens with zero attached hydrogens (tertiary/aromatic N) is 1. The molecule has 10 nitrogen and oxygen atoms in total. The molecule has 0 aromatic heterocycles. The number of ether oxygens (including phenoxy) is 1. The number of phenolic OH excluding ortho intramolecular Hbond substituents is 1. The summed E-state index contributed by atoms with van der Waals surface area (Å²) in [6, 6.07) is 3.79. The lowest BCUT2D eigenvalue weighted by Gasteiger charge is -2.31. The van der Waals surface area contributed by atoms with Crippen molar-refractivity contribution in [3.8, 4) is 5.75 Å².